The molecule has 0 fully saturated rings. The van der Waals surface area contributed by atoms with Crippen LogP contribution in [0, 0.1) is 13.8 Å². The van der Waals surface area contributed by atoms with Gasteiger partial charge in [-0.3, -0.25) is 5.32 Å². The Hall–Kier alpha value is -2.34. The number of ether oxygens (including phenoxy) is 2. The minimum atomic E-state index is -0.623. The summed E-state index contributed by atoms with van der Waals surface area (Å²) in [4.78, 5) is 24.7. The van der Waals surface area contributed by atoms with Crippen LogP contribution in [0.2, 0.25) is 0 Å². The molecule has 0 aliphatic carbocycles. The molecule has 2 aromatic rings. The zero-order valence-corrected chi connectivity index (χ0v) is 16.9. The first-order valence-electron chi connectivity index (χ1n) is 8.48. The van der Waals surface area contributed by atoms with Gasteiger partial charge in [0, 0.05) is 10.9 Å². The number of carbonyl (C=O) groups is 2. The Kier molecular flexibility index (Phi) is 6.08. The second-order valence-electron chi connectivity index (χ2n) is 7.00. The fraction of sp³-hybridized carbons (Fsp3) is 0.400. The summed E-state index contributed by atoms with van der Waals surface area (Å²) in [5.41, 5.74) is 3.68. The molecule has 2 rings (SSSR count). The molecule has 0 unspecified atom stereocenters. The summed E-state index contributed by atoms with van der Waals surface area (Å²) >= 11 is 1.28. The maximum Gasteiger partial charge on any atom is 0.412 e. The van der Waals surface area contributed by atoms with E-state index < -0.39 is 17.7 Å². The maximum absolute atomic E-state index is 12.5. The van der Waals surface area contributed by atoms with E-state index >= 15 is 0 Å². The number of rotatable bonds is 4. The zero-order valence-electron chi connectivity index (χ0n) is 16.1. The average molecular weight is 375 g/mol. The van der Waals surface area contributed by atoms with E-state index in [1.807, 2.05) is 37.4 Å². The molecule has 0 aliphatic heterocycles. The lowest BCUT2D eigenvalue weighted by molar-refractivity contribution is 0.0529. The van der Waals surface area contributed by atoms with Crippen molar-refractivity contribution in [1.82, 2.24) is 0 Å². The zero-order chi connectivity index (χ0) is 19.5. The van der Waals surface area contributed by atoms with Gasteiger partial charge in [-0.05, 0) is 58.2 Å². The van der Waals surface area contributed by atoms with E-state index in [1.54, 1.807) is 27.7 Å². The van der Waals surface area contributed by atoms with E-state index in [4.69, 9.17) is 9.47 Å². The fourth-order valence-corrected chi connectivity index (χ4v) is 3.32. The van der Waals surface area contributed by atoms with Crippen LogP contribution in [0.4, 0.5) is 9.80 Å². The summed E-state index contributed by atoms with van der Waals surface area (Å²) in [5, 5.41) is 4.95. The molecule has 0 atom stereocenters. The number of anilines is 1. The fourth-order valence-electron chi connectivity index (χ4n) is 2.37. The van der Waals surface area contributed by atoms with E-state index in [0.717, 1.165) is 16.7 Å². The van der Waals surface area contributed by atoms with Crippen molar-refractivity contribution < 1.29 is 19.1 Å². The standard InChI is InChI=1S/C20H25NO4S/c1-7-24-18(22)16-15(14-9-8-12(2)13(3)10-14)11-26-17(16)21-19(23)25-20(4,5)6/h8-11H,7H2,1-6H3,(H,21,23). The van der Waals surface area contributed by atoms with Gasteiger partial charge >= 0.3 is 12.1 Å². The van der Waals surface area contributed by atoms with Crippen molar-refractivity contribution in [3.05, 3.63) is 40.3 Å². The summed E-state index contributed by atoms with van der Waals surface area (Å²) in [5.74, 6) is -0.465. The number of benzene rings is 1. The van der Waals surface area contributed by atoms with Crippen molar-refractivity contribution >= 4 is 28.4 Å². The molecule has 5 nitrogen and oxygen atoms in total. The van der Waals surface area contributed by atoms with Crippen molar-refractivity contribution in [1.29, 1.82) is 0 Å². The highest BCUT2D eigenvalue weighted by Crippen LogP contribution is 2.37. The van der Waals surface area contributed by atoms with Crippen LogP contribution in [0.5, 0.6) is 0 Å². The maximum atomic E-state index is 12.5. The summed E-state index contributed by atoms with van der Waals surface area (Å²) < 4.78 is 10.5. The molecular weight excluding hydrogens is 350 g/mol. The van der Waals surface area contributed by atoms with Crippen LogP contribution in [-0.2, 0) is 9.47 Å². The topological polar surface area (TPSA) is 64.6 Å². The first kappa shape index (κ1) is 20.0. The van der Waals surface area contributed by atoms with Gasteiger partial charge in [-0.1, -0.05) is 18.2 Å². The monoisotopic (exact) mass is 375 g/mol. The van der Waals surface area contributed by atoms with Crippen LogP contribution in [0.25, 0.3) is 11.1 Å². The van der Waals surface area contributed by atoms with E-state index in [1.165, 1.54) is 16.9 Å². The van der Waals surface area contributed by atoms with E-state index in [-0.39, 0.29) is 6.61 Å². The number of thiophene rings is 1. The molecule has 0 spiro atoms. The van der Waals surface area contributed by atoms with Crippen molar-refractivity contribution in [2.75, 3.05) is 11.9 Å². The highest BCUT2D eigenvalue weighted by atomic mass is 32.1. The lowest BCUT2D eigenvalue weighted by Crippen LogP contribution is -2.27. The Morgan fingerprint density at radius 2 is 1.85 bits per heavy atom. The minimum absolute atomic E-state index is 0.257. The van der Waals surface area contributed by atoms with Gasteiger partial charge in [-0.2, -0.15) is 0 Å². The number of hydrogen-bond acceptors (Lipinski definition) is 5. The van der Waals surface area contributed by atoms with Gasteiger partial charge in [0.15, 0.2) is 0 Å². The van der Waals surface area contributed by atoms with Gasteiger partial charge in [0.25, 0.3) is 0 Å². The number of esters is 1. The molecule has 1 amide bonds. The Morgan fingerprint density at radius 3 is 2.42 bits per heavy atom. The van der Waals surface area contributed by atoms with Gasteiger partial charge in [-0.15, -0.1) is 11.3 Å². The van der Waals surface area contributed by atoms with Gasteiger partial charge in [0.1, 0.15) is 16.2 Å². The number of hydrogen-bond donors (Lipinski definition) is 1. The van der Waals surface area contributed by atoms with E-state index in [9.17, 15) is 9.59 Å². The summed E-state index contributed by atoms with van der Waals surface area (Å²) in [7, 11) is 0. The number of nitrogens with one attached hydrogen (secondary N) is 1. The van der Waals surface area contributed by atoms with Gasteiger partial charge in [0.2, 0.25) is 0 Å². The van der Waals surface area contributed by atoms with Crippen LogP contribution in [-0.4, -0.2) is 24.3 Å². The average Bonchev–Trinajstić information content (AvgIpc) is 2.91. The molecule has 1 aromatic carbocycles. The van der Waals surface area contributed by atoms with Gasteiger partial charge < -0.3 is 9.47 Å². The first-order chi connectivity index (χ1) is 12.1. The quantitative estimate of drug-likeness (QED) is 0.711. The van der Waals surface area contributed by atoms with E-state index in [2.05, 4.69) is 5.32 Å². The Bertz CT molecular complexity index is 818. The third-order valence-electron chi connectivity index (χ3n) is 3.70. The Morgan fingerprint density at radius 1 is 1.15 bits per heavy atom. The van der Waals surface area contributed by atoms with Gasteiger partial charge in [-0.25, -0.2) is 9.59 Å². The van der Waals surface area contributed by atoms with Crippen LogP contribution in [0.1, 0.15) is 49.2 Å². The normalized spacial score (nSPS) is 11.2. The molecule has 6 heteroatoms. The lowest BCUT2D eigenvalue weighted by Gasteiger charge is -2.19. The van der Waals surface area contributed by atoms with E-state index in [0.29, 0.717) is 10.6 Å². The molecule has 0 saturated heterocycles. The number of aryl methyl sites for hydroxylation is 2. The lowest BCUT2D eigenvalue weighted by atomic mass is 9.99. The van der Waals surface area contributed by atoms with Gasteiger partial charge in [0.05, 0.1) is 6.61 Å². The summed E-state index contributed by atoms with van der Waals surface area (Å²) in [6.07, 6.45) is -0.600. The first-order valence-corrected chi connectivity index (χ1v) is 9.36. The third-order valence-corrected chi connectivity index (χ3v) is 4.60. The molecule has 0 bridgehead atoms. The second-order valence-corrected chi connectivity index (χ2v) is 7.88. The molecule has 26 heavy (non-hydrogen) atoms. The van der Waals surface area contributed by atoms with Crippen molar-refractivity contribution in [3.8, 4) is 11.1 Å². The molecule has 140 valence electrons. The minimum Gasteiger partial charge on any atom is -0.462 e. The molecule has 1 heterocycles. The van der Waals surface area contributed by atoms with Crippen LogP contribution in [0.15, 0.2) is 23.6 Å². The second kappa shape index (κ2) is 7.91. The Labute approximate surface area is 158 Å². The highest BCUT2D eigenvalue weighted by Gasteiger charge is 2.24. The largest absolute Gasteiger partial charge is 0.462 e. The number of amides is 1. The third kappa shape index (κ3) is 4.85. The van der Waals surface area contributed by atoms with Crippen molar-refractivity contribution in [2.45, 2.75) is 47.1 Å². The molecule has 0 aliphatic rings. The smallest absolute Gasteiger partial charge is 0.412 e. The SMILES string of the molecule is CCOC(=O)c1c(-c2ccc(C)c(C)c2)csc1NC(=O)OC(C)(C)C. The molecule has 0 saturated carbocycles. The Balaban J connectivity index is 2.43. The van der Waals surface area contributed by atoms with Crippen molar-refractivity contribution in [2.24, 2.45) is 0 Å². The molecule has 1 aromatic heterocycles. The number of carbonyl (C=O) groups excluding carboxylic acids is 2. The van der Waals surface area contributed by atoms with Crippen LogP contribution >= 0.6 is 11.3 Å². The predicted octanol–water partition coefficient (Wildman–Crippen LogP) is 5.56. The molecule has 1 N–H and O–H groups in total. The molecular formula is C20H25NO4S. The van der Waals surface area contributed by atoms with Crippen molar-refractivity contribution in [3.63, 3.8) is 0 Å². The summed E-state index contributed by atoms with van der Waals surface area (Å²) in [6, 6.07) is 6.00. The highest BCUT2D eigenvalue weighted by molar-refractivity contribution is 7.15. The predicted molar refractivity (Wildman–Crippen MR) is 105 cm³/mol. The molecule has 0 radical (unpaired) electrons. The summed E-state index contributed by atoms with van der Waals surface area (Å²) in [6.45, 7) is 11.4. The van der Waals surface area contributed by atoms with Crippen LogP contribution in [0.3, 0.4) is 0 Å². The van der Waals surface area contributed by atoms with Crippen LogP contribution < -0.4 is 5.32 Å².